The molecule has 0 spiro atoms. The van der Waals surface area contributed by atoms with Crippen LogP contribution in [0.5, 0.6) is 0 Å². The van der Waals surface area contributed by atoms with Crippen molar-refractivity contribution in [1.82, 2.24) is 9.80 Å². The van der Waals surface area contributed by atoms with Crippen molar-refractivity contribution in [3.63, 3.8) is 0 Å². The molecule has 0 unspecified atom stereocenters. The van der Waals surface area contributed by atoms with Gasteiger partial charge in [0.1, 0.15) is 12.7 Å². The average Bonchev–Trinajstić information content (AvgIpc) is 2.65. The van der Waals surface area contributed by atoms with Crippen molar-refractivity contribution in [2.45, 2.75) is 136 Å². The molecule has 2 aliphatic rings. The zero-order valence-electron chi connectivity index (χ0n) is 23.5. The maximum absolute atomic E-state index is 6.15. The second-order valence-electron chi connectivity index (χ2n) is 12.9. The van der Waals surface area contributed by atoms with Gasteiger partial charge < -0.3 is 9.47 Å². The first-order valence-corrected chi connectivity index (χ1v) is 13.4. The summed E-state index contributed by atoms with van der Waals surface area (Å²) in [6.45, 7) is 26.4. The lowest BCUT2D eigenvalue weighted by atomic mass is 9.73. The molecular formula is C29H54N2O2. The van der Waals surface area contributed by atoms with Crippen LogP contribution in [0.3, 0.4) is 0 Å². The van der Waals surface area contributed by atoms with E-state index in [2.05, 4.69) is 85.1 Å². The smallest absolute Gasteiger partial charge is 0.109 e. The van der Waals surface area contributed by atoms with Crippen LogP contribution >= 0.6 is 0 Å². The molecule has 0 aromatic carbocycles. The van der Waals surface area contributed by atoms with Crippen LogP contribution in [0.25, 0.3) is 0 Å². The summed E-state index contributed by atoms with van der Waals surface area (Å²) in [5.41, 5.74) is 0.747. The fourth-order valence-corrected chi connectivity index (χ4v) is 7.00. The Balaban J connectivity index is 1.79. The molecule has 2 saturated heterocycles. The normalized spacial score (nSPS) is 26.2. The number of nitrogens with zero attached hydrogens (tertiary/aromatic N) is 2. The third-order valence-corrected chi connectivity index (χ3v) is 7.80. The van der Waals surface area contributed by atoms with E-state index in [0.717, 1.165) is 19.4 Å². The van der Waals surface area contributed by atoms with Gasteiger partial charge in [-0.05, 0) is 112 Å². The van der Waals surface area contributed by atoms with Gasteiger partial charge in [-0.3, -0.25) is 9.80 Å². The van der Waals surface area contributed by atoms with E-state index in [0.29, 0.717) is 12.5 Å². The van der Waals surface area contributed by atoms with E-state index in [1.165, 1.54) is 32.2 Å². The molecule has 0 N–H and O–H groups in total. The van der Waals surface area contributed by atoms with Crippen molar-refractivity contribution in [2.75, 3.05) is 19.7 Å². The van der Waals surface area contributed by atoms with Gasteiger partial charge in [0.05, 0.1) is 12.5 Å². The molecule has 0 atom stereocenters. The van der Waals surface area contributed by atoms with Gasteiger partial charge in [-0.1, -0.05) is 13.8 Å². The third-order valence-electron chi connectivity index (χ3n) is 7.80. The van der Waals surface area contributed by atoms with Gasteiger partial charge >= 0.3 is 0 Å². The second-order valence-corrected chi connectivity index (χ2v) is 12.9. The molecule has 4 heteroatoms. The van der Waals surface area contributed by atoms with Crippen molar-refractivity contribution in [3.05, 3.63) is 24.7 Å². The lowest BCUT2D eigenvalue weighted by Crippen LogP contribution is -2.62. The maximum atomic E-state index is 6.15. The molecule has 0 bridgehead atoms. The van der Waals surface area contributed by atoms with Crippen LogP contribution in [0, 0.1) is 5.92 Å². The number of rotatable bonds is 10. The average molecular weight is 463 g/mol. The summed E-state index contributed by atoms with van der Waals surface area (Å²) < 4.78 is 11.9. The summed E-state index contributed by atoms with van der Waals surface area (Å²) in [5.74, 6) is 0.557. The number of likely N-dealkylation sites (tertiary alicyclic amines) is 2. The first-order chi connectivity index (χ1) is 15.2. The zero-order chi connectivity index (χ0) is 24.9. The molecular weight excluding hydrogens is 408 g/mol. The van der Waals surface area contributed by atoms with E-state index in [1.807, 2.05) is 18.6 Å². The molecule has 0 radical (unpaired) electrons. The van der Waals surface area contributed by atoms with E-state index in [1.54, 1.807) is 0 Å². The minimum Gasteiger partial charge on any atom is -0.498 e. The van der Waals surface area contributed by atoms with Crippen LogP contribution in [0.4, 0.5) is 0 Å². The summed E-state index contributed by atoms with van der Waals surface area (Å²) in [4.78, 5) is 5.35. The van der Waals surface area contributed by atoms with Crippen molar-refractivity contribution in [3.8, 4) is 0 Å². The number of ether oxygens (including phenoxy) is 2. The minimum absolute atomic E-state index is 0.157. The third kappa shape index (κ3) is 7.49. The molecule has 0 aromatic heterocycles. The standard InChI is InChI=1S/C29H54N2O2/c1-11-15-30-26(3,4)20-24(21-27(30,5)6)14-19-32-17-13-18-33-25-22-28(7,8)31(16-12-2)29(9,10)23-25/h13-14,18-19,24-25H,11-12,15-17,20-23H2,1-10H3. The maximum Gasteiger partial charge on any atom is 0.109 e. The second kappa shape index (κ2) is 11.2. The van der Waals surface area contributed by atoms with Gasteiger partial charge in [0.2, 0.25) is 0 Å². The Morgan fingerprint density at radius 2 is 1.15 bits per heavy atom. The molecule has 0 aromatic rings. The highest BCUT2D eigenvalue weighted by Gasteiger charge is 2.45. The molecule has 33 heavy (non-hydrogen) atoms. The quantitative estimate of drug-likeness (QED) is 0.254. The largest absolute Gasteiger partial charge is 0.498 e. The molecule has 0 amide bonds. The van der Waals surface area contributed by atoms with Crippen molar-refractivity contribution in [1.29, 1.82) is 0 Å². The van der Waals surface area contributed by atoms with E-state index in [4.69, 9.17) is 9.47 Å². The monoisotopic (exact) mass is 462 g/mol. The number of piperidine rings is 2. The minimum atomic E-state index is 0.157. The molecule has 2 fully saturated rings. The van der Waals surface area contributed by atoms with Crippen LogP contribution in [-0.2, 0) is 9.47 Å². The predicted octanol–water partition coefficient (Wildman–Crippen LogP) is 7.16. The SMILES string of the molecule is CCCN1C(C)(C)CC(C=COCC=COC2CC(C)(C)N(CCC)C(C)(C)C2)CC1(C)C. The van der Waals surface area contributed by atoms with E-state index in [9.17, 15) is 0 Å². The van der Waals surface area contributed by atoms with Crippen LogP contribution in [0.1, 0.15) is 108 Å². The molecule has 0 saturated carbocycles. The highest BCUT2D eigenvalue weighted by molar-refractivity contribution is 5.04. The molecule has 2 heterocycles. The Morgan fingerprint density at radius 3 is 1.61 bits per heavy atom. The summed E-state index contributed by atoms with van der Waals surface area (Å²) in [6, 6.07) is 0. The Hall–Kier alpha value is -1.00. The summed E-state index contributed by atoms with van der Waals surface area (Å²) in [5, 5.41) is 0. The highest BCUT2D eigenvalue weighted by Crippen LogP contribution is 2.42. The summed E-state index contributed by atoms with van der Waals surface area (Å²) >= 11 is 0. The van der Waals surface area contributed by atoms with Crippen LogP contribution in [-0.4, -0.2) is 57.8 Å². The molecule has 2 aliphatic heterocycles. The van der Waals surface area contributed by atoms with Crippen molar-refractivity contribution < 1.29 is 9.47 Å². The van der Waals surface area contributed by atoms with Crippen LogP contribution in [0.2, 0.25) is 0 Å². The molecule has 4 nitrogen and oxygen atoms in total. The predicted molar refractivity (Wildman–Crippen MR) is 141 cm³/mol. The Kier molecular flexibility index (Phi) is 9.55. The van der Waals surface area contributed by atoms with Gasteiger partial charge in [-0.15, -0.1) is 0 Å². The molecule has 192 valence electrons. The number of hydrogen-bond donors (Lipinski definition) is 0. The number of allylic oxidation sites excluding steroid dienone is 1. The molecule has 0 aliphatic carbocycles. The zero-order valence-corrected chi connectivity index (χ0v) is 23.5. The van der Waals surface area contributed by atoms with Gasteiger partial charge in [0.25, 0.3) is 0 Å². The summed E-state index contributed by atoms with van der Waals surface area (Å²) in [6.07, 6.45) is 15.2. The fourth-order valence-electron chi connectivity index (χ4n) is 7.00. The van der Waals surface area contributed by atoms with Gasteiger partial charge in [0, 0.05) is 35.0 Å². The Bertz CT molecular complexity index is 627. The van der Waals surface area contributed by atoms with Crippen LogP contribution < -0.4 is 0 Å². The van der Waals surface area contributed by atoms with Gasteiger partial charge in [-0.2, -0.15) is 0 Å². The highest BCUT2D eigenvalue weighted by atomic mass is 16.5. The van der Waals surface area contributed by atoms with E-state index < -0.39 is 0 Å². The van der Waals surface area contributed by atoms with Crippen LogP contribution in [0.15, 0.2) is 24.7 Å². The fraction of sp³-hybridized carbons (Fsp3) is 0.862. The number of hydrogen-bond acceptors (Lipinski definition) is 4. The van der Waals surface area contributed by atoms with Crippen molar-refractivity contribution in [2.24, 2.45) is 5.92 Å². The Morgan fingerprint density at radius 1 is 0.697 bits per heavy atom. The van der Waals surface area contributed by atoms with Crippen molar-refractivity contribution >= 4 is 0 Å². The lowest BCUT2D eigenvalue weighted by Gasteiger charge is -2.55. The molecule has 2 rings (SSSR count). The first kappa shape index (κ1) is 28.2. The van der Waals surface area contributed by atoms with E-state index >= 15 is 0 Å². The van der Waals surface area contributed by atoms with Gasteiger partial charge in [0.15, 0.2) is 0 Å². The topological polar surface area (TPSA) is 24.9 Å². The Labute approximate surface area is 205 Å². The van der Waals surface area contributed by atoms with E-state index in [-0.39, 0.29) is 28.3 Å². The lowest BCUT2D eigenvalue weighted by molar-refractivity contribution is -0.0839. The van der Waals surface area contributed by atoms with Gasteiger partial charge in [-0.25, -0.2) is 0 Å². The summed E-state index contributed by atoms with van der Waals surface area (Å²) in [7, 11) is 0. The first-order valence-electron chi connectivity index (χ1n) is 13.4.